The van der Waals surface area contributed by atoms with E-state index in [4.69, 9.17) is 11.6 Å². The minimum Gasteiger partial charge on any atom is -0.393 e. The number of nitrogens with zero attached hydrogens (tertiary/aromatic N) is 2. The van der Waals surface area contributed by atoms with E-state index in [0.717, 1.165) is 0 Å². The molecular formula is C12H13ClN2O4. The van der Waals surface area contributed by atoms with E-state index in [-0.39, 0.29) is 16.3 Å². The van der Waals surface area contributed by atoms with E-state index in [9.17, 15) is 20.0 Å². The SMILES string of the molecule is O=C(c1c(Cl)cccc1[N+](=O)[O-])N1CCC(O)CC1. The number of benzene rings is 1. The molecule has 1 aromatic carbocycles. The molecule has 1 heterocycles. The monoisotopic (exact) mass is 284 g/mol. The average Bonchev–Trinajstić information content (AvgIpc) is 2.38. The van der Waals surface area contributed by atoms with Gasteiger partial charge in [0.2, 0.25) is 0 Å². The van der Waals surface area contributed by atoms with Crippen LogP contribution in [0.1, 0.15) is 23.2 Å². The van der Waals surface area contributed by atoms with Gasteiger partial charge in [-0.05, 0) is 18.9 Å². The zero-order chi connectivity index (χ0) is 14.0. The van der Waals surface area contributed by atoms with Crippen LogP contribution in [-0.2, 0) is 0 Å². The summed E-state index contributed by atoms with van der Waals surface area (Å²) in [6.45, 7) is 0.755. The Kier molecular flexibility index (Phi) is 4.01. The quantitative estimate of drug-likeness (QED) is 0.663. The highest BCUT2D eigenvalue weighted by Gasteiger charge is 2.29. The number of nitro benzene ring substituents is 1. The van der Waals surface area contributed by atoms with Crippen molar-refractivity contribution in [1.82, 2.24) is 4.90 Å². The molecule has 102 valence electrons. The fraction of sp³-hybridized carbons (Fsp3) is 0.417. The number of hydrogen-bond donors (Lipinski definition) is 1. The van der Waals surface area contributed by atoms with Gasteiger partial charge in [0.1, 0.15) is 5.56 Å². The van der Waals surface area contributed by atoms with Crippen LogP contribution in [0.3, 0.4) is 0 Å². The molecule has 0 atom stereocenters. The van der Waals surface area contributed by atoms with Crippen LogP contribution in [0.15, 0.2) is 18.2 Å². The van der Waals surface area contributed by atoms with E-state index in [2.05, 4.69) is 0 Å². The second-order valence-corrected chi connectivity index (χ2v) is 4.82. The molecule has 6 nitrogen and oxygen atoms in total. The van der Waals surface area contributed by atoms with E-state index in [1.54, 1.807) is 0 Å². The van der Waals surface area contributed by atoms with Crippen LogP contribution in [0.25, 0.3) is 0 Å². The molecule has 1 N–H and O–H groups in total. The van der Waals surface area contributed by atoms with Crippen LogP contribution < -0.4 is 0 Å². The Hall–Kier alpha value is -1.66. The predicted molar refractivity (Wildman–Crippen MR) is 69.3 cm³/mol. The molecule has 19 heavy (non-hydrogen) atoms. The fourth-order valence-electron chi connectivity index (χ4n) is 2.10. The van der Waals surface area contributed by atoms with E-state index in [0.29, 0.717) is 25.9 Å². The van der Waals surface area contributed by atoms with Crippen molar-refractivity contribution in [1.29, 1.82) is 0 Å². The standard InChI is InChI=1S/C12H13ClN2O4/c13-9-2-1-3-10(15(18)19)11(9)12(17)14-6-4-8(16)5-7-14/h1-3,8,16H,4-7H2. The van der Waals surface area contributed by atoms with Crippen LogP contribution in [0, 0.1) is 10.1 Å². The maximum Gasteiger partial charge on any atom is 0.283 e. The van der Waals surface area contributed by atoms with Crippen molar-refractivity contribution in [3.05, 3.63) is 38.9 Å². The number of rotatable bonds is 2. The lowest BCUT2D eigenvalue weighted by Gasteiger charge is -2.29. The summed E-state index contributed by atoms with van der Waals surface area (Å²) in [6.07, 6.45) is 0.541. The van der Waals surface area contributed by atoms with Gasteiger partial charge in [0.25, 0.3) is 11.6 Å². The third-order valence-corrected chi connectivity index (χ3v) is 3.47. The fourth-order valence-corrected chi connectivity index (χ4v) is 2.35. The zero-order valence-electron chi connectivity index (χ0n) is 10.1. The highest BCUT2D eigenvalue weighted by atomic mass is 35.5. The van der Waals surface area contributed by atoms with Gasteiger partial charge < -0.3 is 10.0 Å². The van der Waals surface area contributed by atoms with Crippen molar-refractivity contribution in [2.45, 2.75) is 18.9 Å². The molecule has 1 aromatic rings. The largest absolute Gasteiger partial charge is 0.393 e. The van der Waals surface area contributed by atoms with Crippen LogP contribution in [0.5, 0.6) is 0 Å². The van der Waals surface area contributed by atoms with Crippen molar-refractivity contribution in [2.75, 3.05) is 13.1 Å². The van der Waals surface area contributed by atoms with Crippen LogP contribution in [-0.4, -0.2) is 40.0 Å². The Morgan fingerprint density at radius 2 is 2.05 bits per heavy atom. The van der Waals surface area contributed by atoms with Gasteiger partial charge in [-0.15, -0.1) is 0 Å². The van der Waals surface area contributed by atoms with Crippen molar-refractivity contribution in [3.8, 4) is 0 Å². The van der Waals surface area contributed by atoms with Gasteiger partial charge in [-0.3, -0.25) is 14.9 Å². The molecule has 0 aliphatic carbocycles. The Bertz CT molecular complexity index is 512. The number of hydrogen-bond acceptors (Lipinski definition) is 4. The molecule has 1 saturated heterocycles. The smallest absolute Gasteiger partial charge is 0.283 e. The number of piperidine rings is 1. The lowest BCUT2D eigenvalue weighted by Crippen LogP contribution is -2.40. The molecule has 0 radical (unpaired) electrons. The second kappa shape index (κ2) is 5.54. The van der Waals surface area contributed by atoms with E-state index in [1.165, 1.54) is 23.1 Å². The Labute approximate surface area is 114 Å². The number of nitro groups is 1. The van der Waals surface area contributed by atoms with Crippen molar-refractivity contribution in [3.63, 3.8) is 0 Å². The first-order valence-electron chi connectivity index (χ1n) is 5.91. The summed E-state index contributed by atoms with van der Waals surface area (Å²) in [4.78, 5) is 24.1. The first kappa shape index (κ1) is 13.8. The number of carbonyl (C=O) groups is 1. The maximum absolute atomic E-state index is 12.3. The maximum atomic E-state index is 12.3. The minimum absolute atomic E-state index is 0.0744. The van der Waals surface area contributed by atoms with Gasteiger partial charge in [0, 0.05) is 19.2 Å². The highest BCUT2D eigenvalue weighted by Crippen LogP contribution is 2.28. The Balaban J connectivity index is 2.31. The zero-order valence-corrected chi connectivity index (χ0v) is 10.8. The summed E-state index contributed by atoms with van der Waals surface area (Å²) in [5.41, 5.74) is -0.367. The molecule has 1 fully saturated rings. The lowest BCUT2D eigenvalue weighted by atomic mass is 10.1. The molecule has 0 aromatic heterocycles. The molecule has 0 saturated carbocycles. The molecule has 0 bridgehead atoms. The predicted octanol–water partition coefficient (Wildman–Crippen LogP) is 1.85. The van der Waals surface area contributed by atoms with Gasteiger partial charge in [0.15, 0.2) is 0 Å². The van der Waals surface area contributed by atoms with Crippen LogP contribution in [0.2, 0.25) is 5.02 Å². The van der Waals surface area contributed by atoms with Crippen molar-refractivity contribution >= 4 is 23.2 Å². The highest BCUT2D eigenvalue weighted by molar-refractivity contribution is 6.34. The van der Waals surface area contributed by atoms with Crippen LogP contribution >= 0.6 is 11.6 Å². The number of carbonyl (C=O) groups excluding carboxylic acids is 1. The summed E-state index contributed by atoms with van der Waals surface area (Å²) in [7, 11) is 0. The first-order valence-corrected chi connectivity index (χ1v) is 6.28. The third-order valence-electron chi connectivity index (χ3n) is 3.15. The average molecular weight is 285 g/mol. The molecule has 7 heteroatoms. The van der Waals surface area contributed by atoms with Gasteiger partial charge in [0.05, 0.1) is 16.0 Å². The van der Waals surface area contributed by atoms with E-state index in [1.807, 2.05) is 0 Å². The minimum atomic E-state index is -0.613. The Morgan fingerprint density at radius 1 is 1.42 bits per heavy atom. The van der Waals surface area contributed by atoms with Gasteiger partial charge in [-0.2, -0.15) is 0 Å². The lowest BCUT2D eigenvalue weighted by molar-refractivity contribution is -0.385. The van der Waals surface area contributed by atoms with Gasteiger partial charge in [-0.1, -0.05) is 17.7 Å². The molecule has 1 amide bonds. The molecule has 0 spiro atoms. The molecule has 1 aliphatic heterocycles. The first-order chi connectivity index (χ1) is 9.00. The summed E-state index contributed by atoms with van der Waals surface area (Å²) < 4.78 is 0. The molecular weight excluding hydrogens is 272 g/mol. The van der Waals surface area contributed by atoms with Crippen LogP contribution in [0.4, 0.5) is 5.69 Å². The second-order valence-electron chi connectivity index (χ2n) is 4.41. The van der Waals surface area contributed by atoms with Crippen molar-refractivity contribution in [2.24, 2.45) is 0 Å². The van der Waals surface area contributed by atoms with E-state index >= 15 is 0 Å². The molecule has 0 unspecified atom stereocenters. The summed E-state index contributed by atoms with van der Waals surface area (Å²) in [6, 6.07) is 4.16. The normalized spacial score (nSPS) is 16.4. The van der Waals surface area contributed by atoms with Gasteiger partial charge in [-0.25, -0.2) is 0 Å². The number of likely N-dealkylation sites (tertiary alicyclic amines) is 1. The number of aliphatic hydroxyl groups excluding tert-OH is 1. The van der Waals surface area contributed by atoms with E-state index < -0.39 is 16.9 Å². The topological polar surface area (TPSA) is 83.7 Å². The number of halogens is 1. The molecule has 2 rings (SSSR count). The van der Waals surface area contributed by atoms with Crippen molar-refractivity contribution < 1.29 is 14.8 Å². The third kappa shape index (κ3) is 2.85. The Morgan fingerprint density at radius 3 is 2.63 bits per heavy atom. The van der Waals surface area contributed by atoms with Gasteiger partial charge >= 0.3 is 0 Å². The summed E-state index contributed by atoms with van der Waals surface area (Å²) in [5.74, 6) is -0.454. The number of amides is 1. The summed E-state index contributed by atoms with van der Waals surface area (Å²) in [5, 5.41) is 20.4. The summed E-state index contributed by atoms with van der Waals surface area (Å²) >= 11 is 5.91. The molecule has 1 aliphatic rings. The number of aliphatic hydroxyl groups is 1.